The number of carbonyl (C=O) groups is 1. The molecule has 0 aromatic carbocycles. The number of ether oxygens (including phenoxy) is 1. The highest BCUT2D eigenvalue weighted by Crippen LogP contribution is 2.43. The lowest BCUT2D eigenvalue weighted by Crippen LogP contribution is -2.37. The van der Waals surface area contributed by atoms with Crippen LogP contribution >= 0.6 is 7.82 Å². The molecule has 0 saturated carbocycles. The summed E-state index contributed by atoms with van der Waals surface area (Å²) in [4.78, 5) is 22.3. The third-order valence-electron chi connectivity index (χ3n) is 6.33. The van der Waals surface area contributed by atoms with E-state index in [0.29, 0.717) is 24.1 Å². The molecule has 9 heteroatoms. The van der Waals surface area contributed by atoms with Crippen molar-refractivity contribution in [1.29, 1.82) is 0 Å². The second kappa shape index (κ2) is 23.4. The molecule has 0 saturated heterocycles. The van der Waals surface area contributed by atoms with Crippen molar-refractivity contribution in [2.75, 3.05) is 54.1 Å². The largest absolute Gasteiger partial charge is 0.472 e. The molecular weight excluding hydrogens is 491 g/mol. The molecule has 2 N–H and O–H groups in total. The number of quaternary nitrogens is 1. The highest BCUT2D eigenvalue weighted by molar-refractivity contribution is 7.47. The summed E-state index contributed by atoms with van der Waals surface area (Å²) in [7, 11) is 1.77. The number of hydrogen-bond donors (Lipinski definition) is 2. The number of phosphoric acid groups is 1. The van der Waals surface area contributed by atoms with E-state index in [9.17, 15) is 14.3 Å². The Labute approximate surface area is 228 Å². The van der Waals surface area contributed by atoms with Gasteiger partial charge < -0.3 is 19.4 Å². The molecule has 0 spiro atoms. The molecule has 0 fully saturated rings. The van der Waals surface area contributed by atoms with E-state index in [4.69, 9.17) is 13.8 Å². The monoisotopic (exact) mass is 551 g/mol. The molecule has 0 aliphatic rings. The number of hydrogen-bond acceptors (Lipinski definition) is 5. The van der Waals surface area contributed by atoms with E-state index < -0.39 is 13.9 Å². The van der Waals surface area contributed by atoms with Crippen LogP contribution < -0.4 is 5.32 Å². The molecule has 0 bridgehead atoms. The van der Waals surface area contributed by atoms with Gasteiger partial charge in [0.05, 0.1) is 33.9 Å². The zero-order valence-corrected chi connectivity index (χ0v) is 25.7. The molecule has 0 aromatic heterocycles. The number of nitrogens with one attached hydrogen (secondary N) is 1. The molecule has 0 radical (unpaired) electrons. The number of amides is 1. The first-order chi connectivity index (χ1) is 17.6. The third-order valence-corrected chi connectivity index (χ3v) is 7.31. The molecule has 0 aliphatic heterocycles. The predicted octanol–water partition coefficient (Wildman–Crippen LogP) is 6.61. The topological polar surface area (TPSA) is 94.1 Å². The van der Waals surface area contributed by atoms with Crippen molar-refractivity contribution in [2.24, 2.45) is 0 Å². The van der Waals surface area contributed by atoms with Crippen molar-refractivity contribution in [1.82, 2.24) is 5.32 Å². The smallest absolute Gasteiger partial charge is 0.374 e. The Morgan fingerprint density at radius 2 is 1.30 bits per heavy atom. The Kier molecular flexibility index (Phi) is 23.1. The first-order valence-electron chi connectivity index (χ1n) is 14.9. The van der Waals surface area contributed by atoms with E-state index in [1.54, 1.807) is 0 Å². The average molecular weight is 552 g/mol. The van der Waals surface area contributed by atoms with Crippen LogP contribution in [0.5, 0.6) is 0 Å². The number of nitrogens with zero attached hydrogens (tertiary/aromatic N) is 1. The van der Waals surface area contributed by atoms with Crippen molar-refractivity contribution >= 4 is 13.7 Å². The van der Waals surface area contributed by atoms with Gasteiger partial charge in [-0.2, -0.15) is 0 Å². The molecule has 0 aromatic rings. The minimum Gasteiger partial charge on any atom is -0.374 e. The molecule has 222 valence electrons. The Hall–Kier alpha value is -0.500. The quantitative estimate of drug-likeness (QED) is 0.0678. The van der Waals surface area contributed by atoms with Gasteiger partial charge in [0, 0.05) is 19.6 Å². The third kappa shape index (κ3) is 26.9. The minimum absolute atomic E-state index is 0.0181. The van der Waals surface area contributed by atoms with Crippen molar-refractivity contribution in [3.63, 3.8) is 0 Å². The molecule has 8 nitrogen and oxygen atoms in total. The second-order valence-electron chi connectivity index (χ2n) is 11.3. The lowest BCUT2D eigenvalue weighted by atomic mass is 10.1. The van der Waals surface area contributed by atoms with Crippen LogP contribution in [0.1, 0.15) is 117 Å². The van der Waals surface area contributed by atoms with Crippen LogP contribution in [0.2, 0.25) is 0 Å². The van der Waals surface area contributed by atoms with Gasteiger partial charge >= 0.3 is 7.82 Å². The van der Waals surface area contributed by atoms with Gasteiger partial charge in [-0.1, -0.05) is 97.3 Å². The molecule has 2 atom stereocenters. The molecule has 0 rings (SSSR count). The van der Waals surface area contributed by atoms with E-state index >= 15 is 0 Å². The minimum atomic E-state index is -4.18. The molecule has 37 heavy (non-hydrogen) atoms. The fourth-order valence-corrected chi connectivity index (χ4v) is 4.60. The summed E-state index contributed by atoms with van der Waals surface area (Å²) in [6.45, 7) is 5.81. The fraction of sp³-hybridized carbons (Fsp3) is 0.964. The van der Waals surface area contributed by atoms with Crippen molar-refractivity contribution in [3.05, 3.63) is 0 Å². The summed E-state index contributed by atoms with van der Waals surface area (Å²) in [5, 5.41) is 2.90. The first-order valence-corrected chi connectivity index (χ1v) is 16.4. The standard InChI is InChI=1S/C28H59N2O6P/c1-6-8-10-12-13-14-15-16-18-20-23-34-27(25-29-28(31)21-19-17-11-9-7-2)26-36-37(32,33)35-24-22-30(3,4)5/h27H,6-26H2,1-5H3,(H-,29,31,32,33)/p+1/t27-/m1/s1. The van der Waals surface area contributed by atoms with Crippen LogP contribution in [0.3, 0.4) is 0 Å². The van der Waals surface area contributed by atoms with E-state index in [2.05, 4.69) is 19.2 Å². The van der Waals surface area contributed by atoms with Gasteiger partial charge in [0.1, 0.15) is 13.2 Å². The second-order valence-corrected chi connectivity index (χ2v) is 12.7. The van der Waals surface area contributed by atoms with Crippen LogP contribution in [0.4, 0.5) is 0 Å². The maximum atomic E-state index is 12.3. The van der Waals surface area contributed by atoms with E-state index in [1.807, 2.05) is 21.1 Å². The highest BCUT2D eigenvalue weighted by Gasteiger charge is 2.25. The van der Waals surface area contributed by atoms with Gasteiger partial charge in [-0.3, -0.25) is 13.8 Å². The van der Waals surface area contributed by atoms with E-state index in [0.717, 1.165) is 32.1 Å². The van der Waals surface area contributed by atoms with Crippen LogP contribution in [0.15, 0.2) is 0 Å². The summed E-state index contributed by atoms with van der Waals surface area (Å²) in [5.41, 5.74) is 0. The SMILES string of the molecule is CCCCCCCCCCCCO[C@H](CNC(=O)CCCCCCC)COP(=O)(O)OCC[N+](C)(C)C. The van der Waals surface area contributed by atoms with Gasteiger partial charge in [-0.15, -0.1) is 0 Å². The van der Waals surface area contributed by atoms with Crippen LogP contribution in [-0.4, -0.2) is 75.4 Å². The molecule has 0 aliphatic carbocycles. The predicted molar refractivity (Wildman–Crippen MR) is 153 cm³/mol. The highest BCUT2D eigenvalue weighted by atomic mass is 31.2. The lowest BCUT2D eigenvalue weighted by Gasteiger charge is -2.24. The van der Waals surface area contributed by atoms with E-state index in [-0.39, 0.29) is 25.7 Å². The Morgan fingerprint density at radius 3 is 1.84 bits per heavy atom. The summed E-state index contributed by atoms with van der Waals surface area (Å²) < 4.78 is 29.2. The Balaban J connectivity index is 4.36. The molecule has 1 amide bonds. The van der Waals surface area contributed by atoms with E-state index in [1.165, 1.54) is 64.2 Å². The number of unbranched alkanes of at least 4 members (excludes halogenated alkanes) is 13. The molecular formula is C28H60N2O6P+. The maximum absolute atomic E-state index is 12.3. The number of rotatable bonds is 27. The van der Waals surface area contributed by atoms with Crippen LogP contribution in [0.25, 0.3) is 0 Å². The molecule has 1 unspecified atom stereocenters. The summed E-state index contributed by atoms with van der Waals surface area (Å²) >= 11 is 0. The van der Waals surface area contributed by atoms with Gasteiger partial charge in [0.2, 0.25) is 5.91 Å². The zero-order chi connectivity index (χ0) is 27.8. The van der Waals surface area contributed by atoms with Crippen LogP contribution in [-0.2, 0) is 23.1 Å². The van der Waals surface area contributed by atoms with Gasteiger partial charge in [0.15, 0.2) is 0 Å². The average Bonchev–Trinajstić information content (AvgIpc) is 2.82. The number of carbonyl (C=O) groups excluding carboxylic acids is 1. The van der Waals surface area contributed by atoms with Gasteiger partial charge in [-0.25, -0.2) is 4.57 Å². The number of phosphoric ester groups is 1. The van der Waals surface area contributed by atoms with Gasteiger partial charge in [0.25, 0.3) is 0 Å². The van der Waals surface area contributed by atoms with Crippen molar-refractivity contribution in [3.8, 4) is 0 Å². The maximum Gasteiger partial charge on any atom is 0.472 e. The Morgan fingerprint density at radius 1 is 0.784 bits per heavy atom. The summed E-state index contributed by atoms with van der Waals surface area (Å²) in [5.74, 6) is -0.0181. The van der Waals surface area contributed by atoms with Crippen molar-refractivity contribution < 1.29 is 32.5 Å². The molecule has 0 heterocycles. The van der Waals surface area contributed by atoms with Gasteiger partial charge in [-0.05, 0) is 12.8 Å². The zero-order valence-electron chi connectivity index (χ0n) is 24.8. The van der Waals surface area contributed by atoms with Crippen LogP contribution in [0, 0.1) is 0 Å². The summed E-state index contributed by atoms with van der Waals surface area (Å²) in [6, 6.07) is 0. The Bertz CT molecular complexity index is 586. The normalized spacial score (nSPS) is 14.4. The number of likely N-dealkylation sites (N-methyl/N-ethyl adjacent to an activating group) is 1. The fourth-order valence-electron chi connectivity index (χ4n) is 3.86. The lowest BCUT2D eigenvalue weighted by molar-refractivity contribution is -0.870. The van der Waals surface area contributed by atoms with Crippen molar-refractivity contribution in [2.45, 2.75) is 123 Å². The summed E-state index contributed by atoms with van der Waals surface area (Å²) in [6.07, 6.45) is 17.9. The first kappa shape index (κ1) is 36.5.